The Labute approximate surface area is 67.0 Å². The third kappa shape index (κ3) is 1.93. The van der Waals surface area contributed by atoms with Gasteiger partial charge in [-0.3, -0.25) is 0 Å². The van der Waals surface area contributed by atoms with Crippen LogP contribution in [0.15, 0.2) is 5.16 Å². The molecule has 0 saturated carbocycles. The Balaban J connectivity index is 2.39. The molecular weight excluding hydrogens is 142 g/mol. The van der Waals surface area contributed by atoms with Crippen LogP contribution < -0.4 is 0 Å². The van der Waals surface area contributed by atoms with Gasteiger partial charge in [-0.15, -0.1) is 0 Å². The Morgan fingerprint density at radius 3 is 2.91 bits per heavy atom. The summed E-state index contributed by atoms with van der Waals surface area (Å²) in [5.74, 6) is 0.552. The van der Waals surface area contributed by atoms with E-state index in [0.717, 1.165) is 12.8 Å². The molecule has 1 N–H and O–H groups in total. The number of nitrogens with zero attached hydrogens (tertiary/aromatic N) is 1. The lowest BCUT2D eigenvalue weighted by Crippen LogP contribution is -2.24. The van der Waals surface area contributed by atoms with Crippen molar-refractivity contribution in [2.45, 2.75) is 33.0 Å². The predicted octanol–water partition coefficient (Wildman–Crippen LogP) is 1.37. The molecule has 3 atom stereocenters. The van der Waals surface area contributed by atoms with Crippen molar-refractivity contribution in [2.75, 3.05) is 0 Å². The molecule has 1 aliphatic rings. The van der Waals surface area contributed by atoms with Crippen LogP contribution in [-0.4, -0.2) is 17.6 Å². The highest BCUT2D eigenvalue weighted by Gasteiger charge is 2.28. The average molecular weight is 157 g/mol. The molecule has 0 bridgehead atoms. The molecule has 1 heterocycles. The molecule has 0 aromatic rings. The summed E-state index contributed by atoms with van der Waals surface area (Å²) < 4.78 is 0. The molecule has 0 aromatic carbocycles. The normalized spacial score (nSPS) is 31.9. The maximum Gasteiger partial charge on any atom is 0.232 e. The van der Waals surface area contributed by atoms with E-state index in [4.69, 9.17) is 0 Å². The molecular formula is C8H15NO2. The van der Waals surface area contributed by atoms with Gasteiger partial charge in [0.1, 0.15) is 0 Å². The average Bonchev–Trinajstić information content (AvgIpc) is 2.36. The molecule has 0 amide bonds. The third-order valence-electron chi connectivity index (χ3n) is 2.13. The van der Waals surface area contributed by atoms with E-state index in [1.165, 1.54) is 0 Å². The zero-order chi connectivity index (χ0) is 8.27. The number of oxime groups is 1. The van der Waals surface area contributed by atoms with Crippen molar-refractivity contribution in [3.63, 3.8) is 0 Å². The lowest BCUT2D eigenvalue weighted by atomic mass is 9.91. The second-order valence-corrected chi connectivity index (χ2v) is 3.09. The molecule has 3 nitrogen and oxygen atoms in total. The SMILES string of the molecule is CCCC(C)C1C=NOC1O. The fourth-order valence-corrected chi connectivity index (χ4v) is 1.39. The summed E-state index contributed by atoms with van der Waals surface area (Å²) in [5.41, 5.74) is 0. The van der Waals surface area contributed by atoms with Crippen molar-refractivity contribution >= 4 is 6.21 Å². The Morgan fingerprint density at radius 2 is 2.45 bits per heavy atom. The van der Waals surface area contributed by atoms with Gasteiger partial charge in [0, 0.05) is 0 Å². The Kier molecular flexibility index (Phi) is 2.88. The molecule has 3 unspecified atom stereocenters. The highest BCUT2D eigenvalue weighted by atomic mass is 16.7. The minimum atomic E-state index is -0.712. The van der Waals surface area contributed by atoms with Crippen LogP contribution >= 0.6 is 0 Å². The summed E-state index contributed by atoms with van der Waals surface area (Å²) in [6.07, 6.45) is 3.23. The molecule has 0 aromatic heterocycles. The van der Waals surface area contributed by atoms with Crippen LogP contribution in [0.4, 0.5) is 0 Å². The lowest BCUT2D eigenvalue weighted by molar-refractivity contribution is -0.108. The molecule has 3 heteroatoms. The van der Waals surface area contributed by atoms with E-state index in [2.05, 4.69) is 23.8 Å². The van der Waals surface area contributed by atoms with Crippen molar-refractivity contribution in [1.82, 2.24) is 0 Å². The second-order valence-electron chi connectivity index (χ2n) is 3.09. The van der Waals surface area contributed by atoms with Gasteiger partial charge in [-0.1, -0.05) is 31.8 Å². The zero-order valence-corrected chi connectivity index (χ0v) is 7.03. The van der Waals surface area contributed by atoms with Crippen LogP contribution in [0.2, 0.25) is 0 Å². The smallest absolute Gasteiger partial charge is 0.232 e. The van der Waals surface area contributed by atoms with Gasteiger partial charge in [0.2, 0.25) is 6.29 Å². The largest absolute Gasteiger partial charge is 0.363 e. The van der Waals surface area contributed by atoms with E-state index in [-0.39, 0.29) is 5.92 Å². The molecule has 11 heavy (non-hydrogen) atoms. The molecule has 0 fully saturated rings. The summed E-state index contributed by atoms with van der Waals surface area (Å²) in [7, 11) is 0. The summed E-state index contributed by atoms with van der Waals surface area (Å²) in [5, 5.41) is 12.8. The van der Waals surface area contributed by atoms with Crippen molar-refractivity contribution in [3.8, 4) is 0 Å². The molecule has 0 saturated heterocycles. The number of hydrogen-bond acceptors (Lipinski definition) is 3. The van der Waals surface area contributed by atoms with Crippen LogP contribution in [0.1, 0.15) is 26.7 Å². The van der Waals surface area contributed by atoms with E-state index < -0.39 is 6.29 Å². The fraction of sp³-hybridized carbons (Fsp3) is 0.875. The van der Waals surface area contributed by atoms with Gasteiger partial charge >= 0.3 is 0 Å². The molecule has 1 aliphatic heterocycles. The minimum absolute atomic E-state index is 0.0925. The summed E-state index contributed by atoms with van der Waals surface area (Å²) >= 11 is 0. The molecule has 1 rings (SSSR count). The van der Waals surface area contributed by atoms with Gasteiger partial charge in [0.05, 0.1) is 12.1 Å². The maximum atomic E-state index is 9.24. The first-order valence-corrected chi connectivity index (χ1v) is 4.13. The maximum absolute atomic E-state index is 9.24. The van der Waals surface area contributed by atoms with Gasteiger partial charge in [-0.25, -0.2) is 0 Å². The number of rotatable bonds is 3. The van der Waals surface area contributed by atoms with Crippen LogP contribution in [-0.2, 0) is 4.84 Å². The topological polar surface area (TPSA) is 41.8 Å². The number of aliphatic hydroxyl groups is 1. The van der Waals surface area contributed by atoms with Gasteiger partial charge < -0.3 is 9.94 Å². The summed E-state index contributed by atoms with van der Waals surface area (Å²) in [6.45, 7) is 4.24. The van der Waals surface area contributed by atoms with Crippen molar-refractivity contribution in [2.24, 2.45) is 17.0 Å². The van der Waals surface area contributed by atoms with E-state index in [9.17, 15) is 5.11 Å². The molecule has 0 radical (unpaired) electrons. The first kappa shape index (κ1) is 8.53. The predicted molar refractivity (Wildman–Crippen MR) is 43.1 cm³/mol. The molecule has 0 spiro atoms. The van der Waals surface area contributed by atoms with Crippen LogP contribution in [0.3, 0.4) is 0 Å². The van der Waals surface area contributed by atoms with Crippen LogP contribution in [0, 0.1) is 11.8 Å². The van der Waals surface area contributed by atoms with E-state index in [0.29, 0.717) is 5.92 Å². The molecule has 64 valence electrons. The van der Waals surface area contributed by atoms with Crippen molar-refractivity contribution in [3.05, 3.63) is 0 Å². The van der Waals surface area contributed by atoms with Crippen molar-refractivity contribution < 1.29 is 9.94 Å². The third-order valence-corrected chi connectivity index (χ3v) is 2.13. The number of aliphatic hydroxyl groups excluding tert-OH is 1. The first-order valence-electron chi connectivity index (χ1n) is 4.13. The quantitative estimate of drug-likeness (QED) is 0.672. The van der Waals surface area contributed by atoms with Gasteiger partial charge in [-0.2, -0.15) is 0 Å². The fourth-order valence-electron chi connectivity index (χ4n) is 1.39. The molecule has 0 aliphatic carbocycles. The van der Waals surface area contributed by atoms with E-state index in [1.807, 2.05) is 0 Å². The Bertz CT molecular complexity index is 147. The number of hydrogen-bond donors (Lipinski definition) is 1. The van der Waals surface area contributed by atoms with E-state index >= 15 is 0 Å². The van der Waals surface area contributed by atoms with Crippen LogP contribution in [0.5, 0.6) is 0 Å². The minimum Gasteiger partial charge on any atom is -0.363 e. The zero-order valence-electron chi connectivity index (χ0n) is 7.03. The Morgan fingerprint density at radius 1 is 1.73 bits per heavy atom. The van der Waals surface area contributed by atoms with Gasteiger partial charge in [-0.05, 0) is 5.92 Å². The van der Waals surface area contributed by atoms with Gasteiger partial charge in [0.15, 0.2) is 0 Å². The van der Waals surface area contributed by atoms with Gasteiger partial charge in [0.25, 0.3) is 0 Å². The summed E-state index contributed by atoms with van der Waals surface area (Å²) in [4.78, 5) is 4.66. The van der Waals surface area contributed by atoms with E-state index in [1.54, 1.807) is 6.21 Å². The standard InChI is InChI=1S/C8H15NO2/c1-3-4-6(2)7-5-9-11-8(7)10/h5-8,10H,3-4H2,1-2H3. The highest BCUT2D eigenvalue weighted by molar-refractivity contribution is 5.62. The first-order chi connectivity index (χ1) is 5.25. The summed E-state index contributed by atoms with van der Waals surface area (Å²) in [6, 6.07) is 0. The second kappa shape index (κ2) is 3.72. The monoisotopic (exact) mass is 157 g/mol. The lowest BCUT2D eigenvalue weighted by Gasteiger charge is -2.17. The Hall–Kier alpha value is -0.570. The van der Waals surface area contributed by atoms with Crippen LogP contribution in [0.25, 0.3) is 0 Å². The highest BCUT2D eigenvalue weighted by Crippen LogP contribution is 2.23. The van der Waals surface area contributed by atoms with Crippen molar-refractivity contribution in [1.29, 1.82) is 0 Å².